The highest BCUT2D eigenvalue weighted by atomic mass is 19.4. The number of amides is 1. The lowest BCUT2D eigenvalue weighted by Crippen LogP contribution is -2.58. The fourth-order valence-electron chi connectivity index (χ4n) is 5.49. The van der Waals surface area contributed by atoms with Gasteiger partial charge >= 0.3 is 6.18 Å². The lowest BCUT2D eigenvalue weighted by molar-refractivity contribution is -0.120. The van der Waals surface area contributed by atoms with Crippen LogP contribution in [0, 0.1) is 0 Å². The Morgan fingerprint density at radius 1 is 1.17 bits per heavy atom. The van der Waals surface area contributed by atoms with Crippen LogP contribution >= 0.6 is 0 Å². The first-order chi connectivity index (χ1) is 17.0. The molecule has 3 aliphatic rings. The van der Waals surface area contributed by atoms with Gasteiger partial charge in [0.15, 0.2) is 11.9 Å². The fraction of sp³-hybridized carbons (Fsp3) is 0.400. The molecule has 2 atom stereocenters. The monoisotopic (exact) mass is 497 g/mol. The molecule has 0 radical (unpaired) electrons. The van der Waals surface area contributed by atoms with Crippen molar-refractivity contribution in [3.63, 3.8) is 0 Å². The zero-order chi connectivity index (χ0) is 25.9. The number of nitrogens with one attached hydrogen (secondary N) is 2. The van der Waals surface area contributed by atoms with Gasteiger partial charge in [0.1, 0.15) is 0 Å². The smallest absolute Gasteiger partial charge is 0.362 e. The van der Waals surface area contributed by atoms with Gasteiger partial charge in [0.05, 0.1) is 11.0 Å². The van der Waals surface area contributed by atoms with Gasteiger partial charge < -0.3 is 15.5 Å². The Morgan fingerprint density at radius 3 is 2.56 bits per heavy atom. The molecule has 0 aliphatic carbocycles. The molecule has 2 N–H and O–H groups in total. The highest BCUT2D eigenvalue weighted by Gasteiger charge is 2.57. The van der Waals surface area contributed by atoms with Crippen LogP contribution in [-0.4, -0.2) is 40.8 Å². The molecule has 0 fully saturated rings. The largest absolute Gasteiger partial charge is 0.435 e. The van der Waals surface area contributed by atoms with Crippen LogP contribution in [0.25, 0.3) is 0 Å². The van der Waals surface area contributed by atoms with E-state index < -0.39 is 34.9 Å². The maximum Gasteiger partial charge on any atom is 0.435 e. The molecule has 8 nitrogen and oxygen atoms in total. The number of fused-ring (bicyclic) bond motifs is 1. The number of carbonyl (C=O) groups excluding carboxylic acids is 1. The number of rotatable bonds is 4. The molecule has 2 aromatic rings. The molecule has 2 unspecified atom stereocenters. The first-order valence-corrected chi connectivity index (χ1v) is 11.6. The fourth-order valence-corrected chi connectivity index (χ4v) is 5.49. The summed E-state index contributed by atoms with van der Waals surface area (Å²) >= 11 is 0. The minimum Gasteiger partial charge on any atom is -0.362 e. The number of nitrogens with zero attached hydrogens (tertiary/aromatic N) is 5. The number of aromatic nitrogens is 2. The van der Waals surface area contributed by atoms with Crippen molar-refractivity contribution in [3.05, 3.63) is 70.8 Å². The van der Waals surface area contributed by atoms with Crippen molar-refractivity contribution >= 4 is 17.5 Å². The van der Waals surface area contributed by atoms with Gasteiger partial charge in [-0.1, -0.05) is 19.1 Å². The molecule has 0 saturated carbocycles. The summed E-state index contributed by atoms with van der Waals surface area (Å²) in [5, 5.41) is 13.6. The summed E-state index contributed by atoms with van der Waals surface area (Å²) in [6, 6.07) is 8.83. The quantitative estimate of drug-likeness (QED) is 0.641. The Hall–Kier alpha value is -3.76. The number of azo groups is 1. The van der Waals surface area contributed by atoms with Gasteiger partial charge in [0.25, 0.3) is 5.91 Å². The third-order valence-electron chi connectivity index (χ3n) is 6.98. The Bertz CT molecular complexity index is 1320. The second-order valence-electron chi connectivity index (χ2n) is 9.81. The van der Waals surface area contributed by atoms with Crippen molar-refractivity contribution in [3.8, 4) is 0 Å². The van der Waals surface area contributed by atoms with Crippen LogP contribution in [0.4, 0.5) is 24.8 Å². The number of carbonyl (C=O) groups is 1. The number of alkyl halides is 3. The molecule has 3 aliphatic heterocycles. The van der Waals surface area contributed by atoms with E-state index in [0.29, 0.717) is 29.3 Å². The summed E-state index contributed by atoms with van der Waals surface area (Å²) < 4.78 is 42.7. The van der Waals surface area contributed by atoms with Gasteiger partial charge in [-0.3, -0.25) is 4.79 Å². The van der Waals surface area contributed by atoms with Crippen LogP contribution in [-0.2, 0) is 10.2 Å². The standard InChI is InChI=1S/C25H26F3N7O/c1-5-24(14-8-6-9-15(12-14)35(4)22-29-10-7-11-30-22)17-16(13-23(2,3)32-21(17)36)31-20-18(24)19(33-34-20)25(26,27)28/h6-12,20,31H,5,13H2,1-4H3,(H,32,36). The Balaban J connectivity index is 1.77. The van der Waals surface area contributed by atoms with Crippen LogP contribution in [0.1, 0.15) is 39.2 Å². The summed E-state index contributed by atoms with van der Waals surface area (Å²) in [6.07, 6.45) is -1.90. The molecule has 1 aromatic carbocycles. The van der Waals surface area contributed by atoms with Crippen molar-refractivity contribution in [1.82, 2.24) is 20.6 Å². The highest BCUT2D eigenvalue weighted by molar-refractivity contribution is 6.00. The summed E-state index contributed by atoms with van der Waals surface area (Å²) in [5.41, 5.74) is -0.997. The van der Waals surface area contributed by atoms with Gasteiger partial charge in [0, 0.05) is 48.4 Å². The zero-order valence-electron chi connectivity index (χ0n) is 20.3. The number of hydrogen-bond donors (Lipinski definition) is 2. The Morgan fingerprint density at radius 2 is 1.89 bits per heavy atom. The van der Waals surface area contributed by atoms with E-state index in [2.05, 4.69) is 30.8 Å². The maximum atomic E-state index is 14.2. The summed E-state index contributed by atoms with van der Waals surface area (Å²) in [5.74, 6) is 0.0293. The average Bonchev–Trinajstić information content (AvgIpc) is 3.27. The third-order valence-corrected chi connectivity index (χ3v) is 6.98. The molecule has 11 heteroatoms. The molecule has 1 aromatic heterocycles. The molecular formula is C25H26F3N7O. The third kappa shape index (κ3) is 3.64. The number of allylic oxidation sites excluding steroid dienone is 1. The Kier molecular flexibility index (Phi) is 5.42. The molecule has 4 heterocycles. The average molecular weight is 498 g/mol. The first-order valence-electron chi connectivity index (χ1n) is 11.6. The van der Waals surface area contributed by atoms with E-state index in [1.165, 1.54) is 0 Å². The van der Waals surface area contributed by atoms with Crippen molar-refractivity contribution < 1.29 is 18.0 Å². The van der Waals surface area contributed by atoms with Crippen molar-refractivity contribution in [2.45, 2.75) is 56.9 Å². The summed E-state index contributed by atoms with van der Waals surface area (Å²) in [4.78, 5) is 23.9. The van der Waals surface area contributed by atoms with Crippen LogP contribution in [0.3, 0.4) is 0 Å². The van der Waals surface area contributed by atoms with Crippen LogP contribution < -0.4 is 15.5 Å². The lowest BCUT2D eigenvalue weighted by Gasteiger charge is -2.48. The number of benzene rings is 1. The van der Waals surface area contributed by atoms with Crippen molar-refractivity contribution in [2.24, 2.45) is 10.2 Å². The van der Waals surface area contributed by atoms with E-state index in [0.717, 1.165) is 0 Å². The van der Waals surface area contributed by atoms with Gasteiger partial charge in [-0.15, -0.1) is 5.11 Å². The first kappa shape index (κ1) is 24.0. The lowest BCUT2D eigenvalue weighted by atomic mass is 9.61. The van der Waals surface area contributed by atoms with Crippen LogP contribution in [0.15, 0.2) is 75.5 Å². The maximum absolute atomic E-state index is 14.2. The molecular weight excluding hydrogens is 471 g/mol. The van der Waals surface area contributed by atoms with E-state index in [4.69, 9.17) is 0 Å². The molecule has 188 valence electrons. The molecule has 5 rings (SSSR count). The Labute approximate surface area is 206 Å². The van der Waals surface area contributed by atoms with Crippen molar-refractivity contribution in [2.75, 3.05) is 11.9 Å². The normalized spacial score (nSPS) is 24.8. The summed E-state index contributed by atoms with van der Waals surface area (Å²) in [7, 11) is 1.78. The predicted molar refractivity (Wildman–Crippen MR) is 127 cm³/mol. The zero-order valence-corrected chi connectivity index (χ0v) is 20.3. The van der Waals surface area contributed by atoms with E-state index in [1.54, 1.807) is 55.5 Å². The van der Waals surface area contributed by atoms with Crippen molar-refractivity contribution in [1.29, 1.82) is 0 Å². The number of halogens is 3. The minimum atomic E-state index is -4.73. The van der Waals surface area contributed by atoms with E-state index in [-0.39, 0.29) is 17.6 Å². The number of anilines is 2. The van der Waals surface area contributed by atoms with Crippen LogP contribution in [0.5, 0.6) is 0 Å². The highest BCUT2D eigenvalue weighted by Crippen LogP contribution is 2.55. The van der Waals surface area contributed by atoms with E-state index >= 15 is 0 Å². The summed E-state index contributed by atoms with van der Waals surface area (Å²) in [6.45, 7) is 5.54. The second-order valence-corrected chi connectivity index (χ2v) is 9.81. The second kappa shape index (κ2) is 8.14. The van der Waals surface area contributed by atoms with Gasteiger partial charge in [0.2, 0.25) is 5.95 Å². The molecule has 0 bridgehead atoms. The van der Waals surface area contributed by atoms with E-state index in [9.17, 15) is 18.0 Å². The van der Waals surface area contributed by atoms with Gasteiger partial charge in [-0.05, 0) is 44.0 Å². The minimum absolute atomic E-state index is 0.0538. The van der Waals surface area contributed by atoms with E-state index in [1.807, 2.05) is 19.9 Å². The van der Waals surface area contributed by atoms with Gasteiger partial charge in [-0.2, -0.15) is 18.3 Å². The molecule has 1 amide bonds. The molecule has 36 heavy (non-hydrogen) atoms. The molecule has 0 spiro atoms. The van der Waals surface area contributed by atoms with Crippen LogP contribution in [0.2, 0.25) is 0 Å². The topological polar surface area (TPSA) is 94.9 Å². The number of hydrogen-bond acceptors (Lipinski definition) is 7. The predicted octanol–water partition coefficient (Wildman–Crippen LogP) is 4.66. The molecule has 0 saturated heterocycles. The van der Waals surface area contributed by atoms with Gasteiger partial charge in [-0.25, -0.2) is 9.97 Å². The SMILES string of the molecule is CCC1(c2cccc(N(C)c3ncccn3)c2)C2=C(CC(C)(C)NC2=O)NC2N=NC(C(F)(F)F)=C21.